The van der Waals surface area contributed by atoms with E-state index in [9.17, 15) is 10.2 Å². The number of thiocarbonyl (C=S) groups is 1. The predicted molar refractivity (Wildman–Crippen MR) is 85.1 cm³/mol. The Morgan fingerprint density at radius 1 is 1.35 bits per heavy atom. The Balaban J connectivity index is 1.68. The average molecular weight is 329 g/mol. The number of aliphatic hydroxyl groups excluding tert-OH is 2. The van der Waals surface area contributed by atoms with Crippen molar-refractivity contribution in [2.24, 2.45) is 5.73 Å². The summed E-state index contributed by atoms with van der Waals surface area (Å²) in [7, 11) is 0. The lowest BCUT2D eigenvalue weighted by Gasteiger charge is -2.16. The van der Waals surface area contributed by atoms with E-state index in [1.54, 1.807) is 11.8 Å². The number of hydrogen-bond donors (Lipinski definition) is 3. The molecule has 0 amide bonds. The number of nitrogens with two attached hydrogens (primary N) is 1. The molecular formula is C13H15NO3S3. The van der Waals surface area contributed by atoms with Gasteiger partial charge in [0.05, 0.1) is 11.4 Å². The molecule has 0 spiro atoms. The molecule has 2 aliphatic rings. The molecule has 0 aliphatic carbocycles. The smallest absolute Gasteiger partial charge is 0.135 e. The maximum atomic E-state index is 10.3. The van der Waals surface area contributed by atoms with Crippen molar-refractivity contribution in [2.45, 2.75) is 33.9 Å². The van der Waals surface area contributed by atoms with Crippen LogP contribution in [0.15, 0.2) is 29.2 Å². The Labute approximate surface area is 131 Å². The van der Waals surface area contributed by atoms with E-state index in [4.69, 9.17) is 22.7 Å². The first-order valence-corrected chi connectivity index (χ1v) is 8.59. The molecule has 2 aliphatic heterocycles. The third-order valence-corrected chi connectivity index (χ3v) is 6.33. The highest BCUT2D eigenvalue weighted by atomic mass is 32.2. The van der Waals surface area contributed by atoms with E-state index in [0.29, 0.717) is 10.7 Å². The molecule has 0 saturated carbocycles. The fourth-order valence-corrected chi connectivity index (χ4v) is 5.07. The summed E-state index contributed by atoms with van der Waals surface area (Å²) in [6.45, 7) is 0. The first-order valence-electron chi connectivity index (χ1n) is 6.26. The van der Waals surface area contributed by atoms with E-state index in [1.165, 1.54) is 11.8 Å². The van der Waals surface area contributed by atoms with Gasteiger partial charge in [-0.25, -0.2) is 0 Å². The number of aliphatic hydroxyl groups is 2. The van der Waals surface area contributed by atoms with Gasteiger partial charge >= 0.3 is 0 Å². The summed E-state index contributed by atoms with van der Waals surface area (Å²) in [5.41, 5.74) is 6.03. The van der Waals surface area contributed by atoms with Crippen molar-refractivity contribution in [1.82, 2.24) is 0 Å². The number of hydrogen-bond acceptors (Lipinski definition) is 6. The highest BCUT2D eigenvalue weighted by Crippen LogP contribution is 2.44. The second-order valence-corrected chi connectivity index (χ2v) is 7.65. The fourth-order valence-electron chi connectivity index (χ4n) is 2.40. The van der Waals surface area contributed by atoms with Crippen LogP contribution in [0.25, 0.3) is 0 Å². The molecule has 0 radical (unpaired) electrons. The van der Waals surface area contributed by atoms with Gasteiger partial charge in [0.25, 0.3) is 0 Å². The number of rotatable bonds is 3. The first-order chi connectivity index (χ1) is 9.56. The van der Waals surface area contributed by atoms with Crippen molar-refractivity contribution in [3.05, 3.63) is 29.8 Å². The van der Waals surface area contributed by atoms with Gasteiger partial charge in [0.1, 0.15) is 22.6 Å². The van der Waals surface area contributed by atoms with Gasteiger partial charge in [-0.3, -0.25) is 0 Å². The topological polar surface area (TPSA) is 75.7 Å². The molecule has 2 heterocycles. The Bertz CT molecular complexity index is 510. The van der Waals surface area contributed by atoms with Crippen LogP contribution >= 0.6 is 35.7 Å². The van der Waals surface area contributed by atoms with Crippen LogP contribution in [0.3, 0.4) is 0 Å². The number of benzene rings is 1. The lowest BCUT2D eigenvalue weighted by atomic mass is 10.1. The van der Waals surface area contributed by atoms with Crippen LogP contribution in [0.1, 0.15) is 5.56 Å². The lowest BCUT2D eigenvalue weighted by molar-refractivity contribution is 0.00137. The van der Waals surface area contributed by atoms with Gasteiger partial charge in [0.2, 0.25) is 0 Å². The van der Waals surface area contributed by atoms with Crippen molar-refractivity contribution < 1.29 is 14.9 Å². The van der Waals surface area contributed by atoms with Gasteiger partial charge in [-0.1, -0.05) is 36.1 Å². The van der Waals surface area contributed by atoms with Crippen LogP contribution in [0.5, 0.6) is 0 Å². The van der Waals surface area contributed by atoms with E-state index in [-0.39, 0.29) is 16.8 Å². The molecule has 5 atom stereocenters. The van der Waals surface area contributed by atoms with Crippen LogP contribution in [0.4, 0.5) is 0 Å². The Kier molecular flexibility index (Phi) is 4.26. The number of fused-ring (bicyclic) bond motifs is 1. The highest BCUT2D eigenvalue weighted by Gasteiger charge is 2.51. The van der Waals surface area contributed by atoms with Crippen molar-refractivity contribution in [3.63, 3.8) is 0 Å². The zero-order chi connectivity index (χ0) is 14.3. The quantitative estimate of drug-likeness (QED) is 0.714. The zero-order valence-corrected chi connectivity index (χ0v) is 13.0. The largest absolute Gasteiger partial charge is 0.390 e. The van der Waals surface area contributed by atoms with Crippen LogP contribution in [-0.2, 0) is 4.74 Å². The molecule has 7 heteroatoms. The Morgan fingerprint density at radius 3 is 2.65 bits per heavy atom. The van der Waals surface area contributed by atoms with Gasteiger partial charge in [0, 0.05) is 16.2 Å². The zero-order valence-electron chi connectivity index (χ0n) is 10.5. The molecule has 0 bridgehead atoms. The SMILES string of the molecule is NC(=S)c1ccc(S[C@@H]2O[C@H]3[C@H](SC[C@H]3O)[C@H]2O)cc1. The molecular weight excluding hydrogens is 314 g/mol. The molecule has 4 nitrogen and oxygen atoms in total. The molecule has 108 valence electrons. The van der Waals surface area contributed by atoms with E-state index < -0.39 is 12.2 Å². The van der Waals surface area contributed by atoms with Gasteiger partial charge in [-0.05, 0) is 12.1 Å². The minimum absolute atomic E-state index is 0.0293. The van der Waals surface area contributed by atoms with Crippen molar-refractivity contribution >= 4 is 40.7 Å². The maximum absolute atomic E-state index is 10.3. The van der Waals surface area contributed by atoms with Crippen molar-refractivity contribution in [2.75, 3.05) is 5.75 Å². The summed E-state index contributed by atoms with van der Waals surface area (Å²) >= 11 is 7.95. The van der Waals surface area contributed by atoms with E-state index >= 15 is 0 Å². The van der Waals surface area contributed by atoms with Crippen molar-refractivity contribution in [3.8, 4) is 0 Å². The second-order valence-electron chi connectivity index (χ2n) is 4.83. The molecule has 2 saturated heterocycles. The third kappa shape index (κ3) is 2.70. The van der Waals surface area contributed by atoms with E-state index in [1.807, 2.05) is 24.3 Å². The van der Waals surface area contributed by atoms with Crippen molar-refractivity contribution in [1.29, 1.82) is 0 Å². The summed E-state index contributed by atoms with van der Waals surface area (Å²) < 4.78 is 5.78. The molecule has 3 rings (SSSR count). The summed E-state index contributed by atoms with van der Waals surface area (Å²) in [6.07, 6.45) is -1.31. The highest BCUT2D eigenvalue weighted by molar-refractivity contribution is 8.01. The Hall–Kier alpha value is -0.310. The third-order valence-electron chi connectivity index (χ3n) is 3.46. The van der Waals surface area contributed by atoms with E-state index in [0.717, 1.165) is 10.5 Å². The van der Waals surface area contributed by atoms with Crippen LogP contribution in [0, 0.1) is 0 Å². The maximum Gasteiger partial charge on any atom is 0.135 e. The van der Waals surface area contributed by atoms with Gasteiger partial charge < -0.3 is 20.7 Å². The second kappa shape index (κ2) is 5.82. The van der Waals surface area contributed by atoms with Crippen LogP contribution in [0.2, 0.25) is 0 Å². The number of thioether (sulfide) groups is 2. The fraction of sp³-hybridized carbons (Fsp3) is 0.462. The Morgan fingerprint density at radius 2 is 2.05 bits per heavy atom. The molecule has 0 aromatic heterocycles. The molecule has 20 heavy (non-hydrogen) atoms. The molecule has 4 N–H and O–H groups in total. The van der Waals surface area contributed by atoms with Crippen LogP contribution < -0.4 is 5.73 Å². The molecule has 1 aromatic carbocycles. The van der Waals surface area contributed by atoms with Gasteiger partial charge in [0.15, 0.2) is 0 Å². The summed E-state index contributed by atoms with van der Waals surface area (Å²) in [5.74, 6) is 0.631. The summed E-state index contributed by atoms with van der Waals surface area (Å²) in [4.78, 5) is 1.35. The average Bonchev–Trinajstić information content (AvgIpc) is 2.93. The molecule has 2 fully saturated rings. The first kappa shape index (κ1) is 14.6. The normalized spacial score (nSPS) is 36.0. The standard InChI is InChI=1S/C13H15NO3S3/c14-12(18)6-1-3-7(4-2-6)20-13-9(16)11-10(17-13)8(15)5-19-11/h1-4,8-11,13,15-16H,5H2,(H2,14,18)/t8-,9-,10-,11-,13+/m1/s1. The minimum Gasteiger partial charge on any atom is -0.390 e. The van der Waals surface area contributed by atoms with Gasteiger partial charge in [-0.15, -0.1) is 0 Å². The van der Waals surface area contributed by atoms with Crippen LogP contribution in [-0.4, -0.2) is 50.0 Å². The number of ether oxygens (including phenoxy) is 1. The monoisotopic (exact) mass is 329 g/mol. The summed E-state index contributed by atoms with van der Waals surface area (Å²) in [6, 6.07) is 7.53. The lowest BCUT2D eigenvalue weighted by Crippen LogP contribution is -2.29. The molecule has 1 aromatic rings. The summed E-state index contributed by atoms with van der Waals surface area (Å²) in [5, 5.41) is 20.0. The van der Waals surface area contributed by atoms with E-state index in [2.05, 4.69) is 0 Å². The minimum atomic E-state index is -0.567. The van der Waals surface area contributed by atoms with Gasteiger partial charge in [-0.2, -0.15) is 11.8 Å². The predicted octanol–water partition coefficient (Wildman–Crippen LogP) is 0.975. The molecule has 0 unspecified atom stereocenters.